The van der Waals surface area contributed by atoms with Crippen LogP contribution in [0.4, 0.5) is 4.79 Å². The second-order valence-electron chi connectivity index (χ2n) is 9.25. The molecule has 6 nitrogen and oxygen atoms in total. The Balaban J connectivity index is 1.00. The number of carbonyl (C=O) groups excluding carboxylic acids is 1. The van der Waals surface area contributed by atoms with Crippen molar-refractivity contribution in [2.24, 2.45) is 0 Å². The van der Waals surface area contributed by atoms with Gasteiger partial charge in [-0.25, -0.2) is 4.79 Å². The normalized spacial score (nSPS) is 14.5. The molecule has 1 aliphatic heterocycles. The number of amides is 1. The number of hydrogen-bond acceptors (Lipinski definition) is 6. The molecule has 192 valence electrons. The molecule has 37 heavy (non-hydrogen) atoms. The first-order valence-corrected chi connectivity index (χ1v) is 13.7. The summed E-state index contributed by atoms with van der Waals surface area (Å²) in [6, 6.07) is 26.8. The van der Waals surface area contributed by atoms with Gasteiger partial charge in [-0.2, -0.15) is 0 Å². The molecule has 0 radical (unpaired) electrons. The quantitative estimate of drug-likeness (QED) is 0.301. The second-order valence-corrected chi connectivity index (χ2v) is 10.2. The number of ether oxygens (including phenoxy) is 2. The average Bonchev–Trinajstić information content (AvgIpc) is 3.36. The fraction of sp³-hybridized carbons (Fsp3) is 0.300. The SMILES string of the molecule is O=C(NCc1csc2ccccc12)OCCN1CCN(Cc2ccccc2OCc2ccccc2)CC1. The Morgan fingerprint density at radius 2 is 1.57 bits per heavy atom. The van der Waals surface area contributed by atoms with Crippen molar-refractivity contribution in [3.05, 3.63) is 101 Å². The van der Waals surface area contributed by atoms with Gasteiger partial charge >= 0.3 is 6.09 Å². The number of nitrogens with zero attached hydrogens (tertiary/aromatic N) is 2. The summed E-state index contributed by atoms with van der Waals surface area (Å²) in [5.74, 6) is 0.948. The standard InChI is InChI=1S/C30H33N3O3S/c34-30(31-20-26-23-37-29-13-7-5-11-27(26)29)35-19-18-32-14-16-33(17-15-32)21-25-10-4-6-12-28(25)36-22-24-8-2-1-3-9-24/h1-13,23H,14-22H2,(H,31,34). The van der Waals surface area contributed by atoms with E-state index in [1.807, 2.05) is 36.4 Å². The van der Waals surface area contributed by atoms with E-state index in [4.69, 9.17) is 9.47 Å². The first-order chi connectivity index (χ1) is 18.2. The Labute approximate surface area is 222 Å². The van der Waals surface area contributed by atoms with E-state index >= 15 is 0 Å². The molecule has 0 aliphatic carbocycles. The Morgan fingerprint density at radius 1 is 0.838 bits per heavy atom. The number of hydrogen-bond donors (Lipinski definition) is 1. The zero-order valence-electron chi connectivity index (χ0n) is 21.0. The molecule has 0 bridgehead atoms. The van der Waals surface area contributed by atoms with Gasteiger partial charge in [-0.1, -0.05) is 66.7 Å². The monoisotopic (exact) mass is 515 g/mol. The molecular formula is C30H33N3O3S. The molecule has 5 rings (SSSR count). The topological polar surface area (TPSA) is 54.0 Å². The number of para-hydroxylation sites is 1. The van der Waals surface area contributed by atoms with Gasteiger partial charge in [-0.3, -0.25) is 9.80 Å². The van der Waals surface area contributed by atoms with Gasteiger partial charge in [-0.15, -0.1) is 11.3 Å². The van der Waals surface area contributed by atoms with E-state index in [0.717, 1.165) is 50.6 Å². The van der Waals surface area contributed by atoms with Crippen LogP contribution in [-0.4, -0.2) is 55.2 Å². The molecule has 7 heteroatoms. The number of piperazine rings is 1. The highest BCUT2D eigenvalue weighted by molar-refractivity contribution is 7.17. The van der Waals surface area contributed by atoms with Crippen molar-refractivity contribution in [1.29, 1.82) is 0 Å². The molecule has 3 aromatic carbocycles. The third-order valence-corrected chi connectivity index (χ3v) is 7.71. The van der Waals surface area contributed by atoms with Crippen molar-refractivity contribution >= 4 is 27.5 Å². The molecule has 1 fully saturated rings. The molecule has 1 aliphatic rings. The first-order valence-electron chi connectivity index (χ1n) is 12.8. The van der Waals surface area contributed by atoms with Crippen LogP contribution in [0.2, 0.25) is 0 Å². The summed E-state index contributed by atoms with van der Waals surface area (Å²) < 4.78 is 12.8. The third kappa shape index (κ3) is 7.10. The zero-order chi connectivity index (χ0) is 25.3. The van der Waals surface area contributed by atoms with E-state index in [1.165, 1.54) is 21.2 Å². The van der Waals surface area contributed by atoms with Crippen molar-refractivity contribution < 1.29 is 14.3 Å². The van der Waals surface area contributed by atoms with Gasteiger partial charge in [0, 0.05) is 56.1 Å². The number of nitrogens with one attached hydrogen (secondary N) is 1. The van der Waals surface area contributed by atoms with Gasteiger partial charge in [0.2, 0.25) is 0 Å². The Hall–Kier alpha value is -3.39. The number of alkyl carbamates (subject to hydrolysis) is 1. The summed E-state index contributed by atoms with van der Waals surface area (Å²) >= 11 is 1.70. The van der Waals surface area contributed by atoms with Crippen LogP contribution < -0.4 is 10.1 Å². The molecule has 1 amide bonds. The summed E-state index contributed by atoms with van der Waals surface area (Å²) in [6.45, 7) is 6.94. The van der Waals surface area contributed by atoms with E-state index in [1.54, 1.807) is 11.3 Å². The number of carbonyl (C=O) groups is 1. The lowest BCUT2D eigenvalue weighted by Gasteiger charge is -2.34. The predicted octanol–water partition coefficient (Wildman–Crippen LogP) is 5.52. The fourth-order valence-corrected chi connectivity index (χ4v) is 5.54. The van der Waals surface area contributed by atoms with Crippen LogP contribution in [0.5, 0.6) is 5.75 Å². The lowest BCUT2D eigenvalue weighted by atomic mass is 10.1. The maximum atomic E-state index is 12.2. The highest BCUT2D eigenvalue weighted by Gasteiger charge is 2.18. The van der Waals surface area contributed by atoms with Crippen LogP contribution in [0, 0.1) is 0 Å². The minimum absolute atomic E-state index is 0.360. The third-order valence-electron chi connectivity index (χ3n) is 6.69. The molecule has 1 N–H and O–H groups in total. The molecule has 4 aromatic rings. The molecule has 0 spiro atoms. The van der Waals surface area contributed by atoms with Crippen LogP contribution in [0.15, 0.2) is 84.2 Å². The van der Waals surface area contributed by atoms with Gasteiger partial charge in [0.05, 0.1) is 0 Å². The largest absolute Gasteiger partial charge is 0.489 e. The van der Waals surface area contributed by atoms with E-state index in [0.29, 0.717) is 19.8 Å². The summed E-state index contributed by atoms with van der Waals surface area (Å²) in [5, 5.41) is 6.17. The number of rotatable bonds is 10. The van der Waals surface area contributed by atoms with Crippen molar-refractivity contribution in [3.8, 4) is 5.75 Å². The van der Waals surface area contributed by atoms with Crippen LogP contribution in [0.3, 0.4) is 0 Å². The van der Waals surface area contributed by atoms with Crippen molar-refractivity contribution in [2.75, 3.05) is 39.3 Å². The number of fused-ring (bicyclic) bond motifs is 1. The first kappa shape index (κ1) is 25.3. The Bertz CT molecular complexity index is 1290. The highest BCUT2D eigenvalue weighted by atomic mass is 32.1. The molecule has 1 saturated heterocycles. The molecule has 0 atom stereocenters. The minimum Gasteiger partial charge on any atom is -0.489 e. The second kappa shape index (κ2) is 12.7. The lowest BCUT2D eigenvalue weighted by Crippen LogP contribution is -2.47. The maximum Gasteiger partial charge on any atom is 0.407 e. The molecule has 1 aromatic heterocycles. The van der Waals surface area contributed by atoms with Crippen LogP contribution in [0.25, 0.3) is 10.1 Å². The fourth-order valence-electron chi connectivity index (χ4n) is 4.58. The van der Waals surface area contributed by atoms with Crippen molar-refractivity contribution in [3.63, 3.8) is 0 Å². The van der Waals surface area contributed by atoms with Gasteiger partial charge < -0.3 is 14.8 Å². The van der Waals surface area contributed by atoms with E-state index in [2.05, 4.69) is 63.0 Å². The Morgan fingerprint density at radius 3 is 2.43 bits per heavy atom. The van der Waals surface area contributed by atoms with Crippen LogP contribution in [0.1, 0.15) is 16.7 Å². The summed E-state index contributed by atoms with van der Waals surface area (Å²) in [7, 11) is 0. The van der Waals surface area contributed by atoms with E-state index in [9.17, 15) is 4.79 Å². The summed E-state index contributed by atoms with van der Waals surface area (Å²) in [4.78, 5) is 17.0. The molecular weight excluding hydrogens is 482 g/mol. The summed E-state index contributed by atoms with van der Waals surface area (Å²) in [5.41, 5.74) is 3.51. The van der Waals surface area contributed by atoms with E-state index < -0.39 is 0 Å². The Kier molecular flexibility index (Phi) is 8.69. The molecule has 2 heterocycles. The van der Waals surface area contributed by atoms with Gasteiger partial charge in [0.25, 0.3) is 0 Å². The zero-order valence-corrected chi connectivity index (χ0v) is 21.8. The molecule has 0 unspecified atom stereocenters. The predicted molar refractivity (Wildman–Crippen MR) is 149 cm³/mol. The van der Waals surface area contributed by atoms with Crippen LogP contribution >= 0.6 is 11.3 Å². The number of benzene rings is 3. The minimum atomic E-state index is -0.360. The maximum absolute atomic E-state index is 12.2. The summed E-state index contributed by atoms with van der Waals surface area (Å²) in [6.07, 6.45) is -0.360. The van der Waals surface area contributed by atoms with Crippen molar-refractivity contribution in [1.82, 2.24) is 15.1 Å². The van der Waals surface area contributed by atoms with E-state index in [-0.39, 0.29) is 6.09 Å². The van der Waals surface area contributed by atoms with Crippen LogP contribution in [-0.2, 0) is 24.4 Å². The van der Waals surface area contributed by atoms with Gasteiger partial charge in [0.1, 0.15) is 19.0 Å². The highest BCUT2D eigenvalue weighted by Crippen LogP contribution is 2.25. The molecule has 0 saturated carbocycles. The smallest absolute Gasteiger partial charge is 0.407 e. The lowest BCUT2D eigenvalue weighted by molar-refractivity contribution is 0.0921. The van der Waals surface area contributed by atoms with Crippen molar-refractivity contribution in [2.45, 2.75) is 19.7 Å². The van der Waals surface area contributed by atoms with Gasteiger partial charge in [-0.05, 0) is 34.0 Å². The van der Waals surface area contributed by atoms with Gasteiger partial charge in [0.15, 0.2) is 0 Å². The average molecular weight is 516 g/mol. The number of thiophene rings is 1.